The maximum absolute atomic E-state index is 13.5. The lowest BCUT2D eigenvalue weighted by Crippen LogP contribution is -2.56. The maximum Gasteiger partial charge on any atom is 0.322 e. The quantitative estimate of drug-likeness (QED) is 0.247. The summed E-state index contributed by atoms with van der Waals surface area (Å²) in [5.74, 6) is -0.0900. The molecule has 3 heterocycles. The molecule has 1 aliphatic heterocycles. The molecular weight excluding hydrogens is 588 g/mol. The van der Waals surface area contributed by atoms with E-state index < -0.39 is 0 Å². The van der Waals surface area contributed by atoms with Crippen molar-refractivity contribution in [2.75, 3.05) is 25.0 Å². The van der Waals surface area contributed by atoms with E-state index in [9.17, 15) is 9.59 Å². The van der Waals surface area contributed by atoms with Crippen LogP contribution in [0.3, 0.4) is 0 Å². The number of anilines is 1. The first-order chi connectivity index (χ1) is 19.4. The Kier molecular flexibility index (Phi) is 7.12. The number of rotatable bonds is 4. The topological polar surface area (TPSA) is 83.4 Å². The molecule has 3 amide bonds. The average molecular weight is 616 g/mol. The lowest BCUT2D eigenvalue weighted by molar-refractivity contribution is 0.0591. The molecule has 0 saturated carbocycles. The van der Waals surface area contributed by atoms with Crippen LogP contribution >= 0.6 is 27.3 Å². The number of para-hydroxylation sites is 1. The third-order valence-electron chi connectivity index (χ3n) is 7.25. The molecular formula is C30H27BrN6O2S. The number of amides is 3. The zero-order valence-electron chi connectivity index (χ0n) is 22.0. The van der Waals surface area contributed by atoms with E-state index in [4.69, 9.17) is 4.98 Å². The van der Waals surface area contributed by atoms with Crippen LogP contribution in [0, 0.1) is 6.92 Å². The summed E-state index contributed by atoms with van der Waals surface area (Å²) < 4.78 is 2.55. The largest absolute Gasteiger partial charge is 0.335 e. The van der Waals surface area contributed by atoms with Gasteiger partial charge in [-0.3, -0.25) is 4.79 Å². The Labute approximate surface area is 244 Å². The van der Waals surface area contributed by atoms with Gasteiger partial charge in [-0.25, -0.2) is 14.5 Å². The Morgan fingerprint density at radius 3 is 2.60 bits per heavy atom. The summed E-state index contributed by atoms with van der Waals surface area (Å²) in [4.78, 5) is 34.8. The number of piperazine rings is 1. The highest BCUT2D eigenvalue weighted by molar-refractivity contribution is 9.10. The van der Waals surface area contributed by atoms with E-state index in [-0.39, 0.29) is 18.0 Å². The standard InChI is InChI=1S/C30H27BrN6O2S/c1-19-17-35(13-14-36(19)29(39)33-26-10-6-5-9-25(26)31)28(38)24-16-32-37(20(24)2)30-34-27(18-40-30)23-12-11-21-7-3-4-8-22(21)15-23/h3-12,15-16,18-19H,13-14,17H2,1-2H3,(H,33,39). The molecule has 8 nitrogen and oxygen atoms in total. The van der Waals surface area contributed by atoms with Crippen molar-refractivity contribution < 1.29 is 9.59 Å². The van der Waals surface area contributed by atoms with E-state index in [2.05, 4.69) is 56.7 Å². The molecule has 0 bridgehead atoms. The molecule has 3 aromatic carbocycles. The summed E-state index contributed by atoms with van der Waals surface area (Å²) in [5.41, 5.74) is 3.91. The van der Waals surface area contributed by atoms with Crippen molar-refractivity contribution >= 4 is 55.7 Å². The first-order valence-corrected chi connectivity index (χ1v) is 14.7. The van der Waals surface area contributed by atoms with Gasteiger partial charge in [0.25, 0.3) is 5.91 Å². The molecule has 0 spiro atoms. The van der Waals surface area contributed by atoms with Crippen LogP contribution in [0.15, 0.2) is 82.8 Å². The van der Waals surface area contributed by atoms with Crippen molar-refractivity contribution in [1.29, 1.82) is 0 Å². The summed E-state index contributed by atoms with van der Waals surface area (Å²) in [6.07, 6.45) is 1.62. The Morgan fingerprint density at radius 1 is 1.02 bits per heavy atom. The second kappa shape index (κ2) is 10.9. The van der Waals surface area contributed by atoms with Crippen LogP contribution in [-0.2, 0) is 0 Å². The Morgan fingerprint density at radius 2 is 1.80 bits per heavy atom. The number of fused-ring (bicyclic) bond motifs is 1. The molecule has 2 aromatic heterocycles. The molecule has 1 aliphatic rings. The molecule has 1 atom stereocenters. The first kappa shape index (κ1) is 26.2. The molecule has 1 N–H and O–H groups in total. The van der Waals surface area contributed by atoms with Crippen molar-refractivity contribution in [2.24, 2.45) is 0 Å². The van der Waals surface area contributed by atoms with Crippen molar-refractivity contribution in [3.05, 3.63) is 94.0 Å². The third-order valence-corrected chi connectivity index (χ3v) is 8.76. The molecule has 10 heteroatoms. The van der Waals surface area contributed by atoms with Gasteiger partial charge in [-0.15, -0.1) is 11.3 Å². The molecule has 0 radical (unpaired) electrons. The fourth-order valence-electron chi connectivity index (χ4n) is 5.02. The molecule has 1 saturated heterocycles. The lowest BCUT2D eigenvalue weighted by atomic mass is 10.1. The van der Waals surface area contributed by atoms with Crippen molar-refractivity contribution in [1.82, 2.24) is 24.6 Å². The molecule has 6 rings (SSSR count). The number of benzene rings is 3. The van der Waals surface area contributed by atoms with Gasteiger partial charge >= 0.3 is 6.03 Å². The van der Waals surface area contributed by atoms with E-state index in [1.165, 1.54) is 16.7 Å². The van der Waals surface area contributed by atoms with Crippen molar-refractivity contribution in [3.63, 3.8) is 0 Å². The average Bonchev–Trinajstić information content (AvgIpc) is 3.60. The van der Waals surface area contributed by atoms with Crippen LogP contribution in [0.5, 0.6) is 0 Å². The van der Waals surface area contributed by atoms with Gasteiger partial charge < -0.3 is 15.1 Å². The van der Waals surface area contributed by atoms with Gasteiger partial charge in [0.05, 0.1) is 28.8 Å². The fourth-order valence-corrected chi connectivity index (χ4v) is 6.24. The second-order valence-corrected chi connectivity index (χ2v) is 11.5. The number of nitrogens with one attached hydrogen (secondary N) is 1. The predicted octanol–water partition coefficient (Wildman–Crippen LogP) is 6.60. The molecule has 1 unspecified atom stereocenters. The highest BCUT2D eigenvalue weighted by atomic mass is 79.9. The minimum absolute atomic E-state index is 0.0900. The van der Waals surface area contributed by atoms with Crippen molar-refractivity contribution in [3.8, 4) is 16.4 Å². The highest BCUT2D eigenvalue weighted by Gasteiger charge is 2.32. The minimum atomic E-state index is -0.179. The molecule has 40 heavy (non-hydrogen) atoms. The maximum atomic E-state index is 13.5. The second-order valence-electron chi connectivity index (χ2n) is 9.84. The monoisotopic (exact) mass is 614 g/mol. The van der Waals surface area contributed by atoms with Gasteiger partial charge in [-0.1, -0.05) is 48.5 Å². The summed E-state index contributed by atoms with van der Waals surface area (Å²) in [5, 5.41) is 12.5. The molecule has 0 aliphatic carbocycles. The van der Waals surface area contributed by atoms with Crippen LogP contribution in [-0.4, -0.2) is 62.2 Å². The SMILES string of the molecule is Cc1c(C(=O)N2CCN(C(=O)Nc3ccccc3Br)C(C)C2)cnn1-c1nc(-c2ccc3ccccc3c2)cs1. The van der Waals surface area contributed by atoms with Gasteiger partial charge in [0, 0.05) is 41.1 Å². The number of halogens is 1. The van der Waals surface area contributed by atoms with Crippen LogP contribution < -0.4 is 5.32 Å². The van der Waals surface area contributed by atoms with Gasteiger partial charge in [0.15, 0.2) is 0 Å². The number of hydrogen-bond acceptors (Lipinski definition) is 5. The Hall–Kier alpha value is -4.02. The number of nitrogens with zero attached hydrogens (tertiary/aromatic N) is 5. The number of urea groups is 1. The van der Waals surface area contributed by atoms with Gasteiger partial charge in [0.1, 0.15) is 0 Å². The number of thiazole rings is 1. The summed E-state index contributed by atoms with van der Waals surface area (Å²) in [6.45, 7) is 5.18. The van der Waals surface area contributed by atoms with E-state index in [1.54, 1.807) is 20.7 Å². The van der Waals surface area contributed by atoms with Gasteiger partial charge in [-0.2, -0.15) is 5.10 Å². The number of carbonyl (C=O) groups excluding carboxylic acids is 2. The number of carbonyl (C=O) groups is 2. The van der Waals surface area contributed by atoms with Crippen LogP contribution in [0.1, 0.15) is 23.0 Å². The smallest absolute Gasteiger partial charge is 0.322 e. The minimum Gasteiger partial charge on any atom is -0.335 e. The highest BCUT2D eigenvalue weighted by Crippen LogP contribution is 2.28. The third kappa shape index (κ3) is 5.00. The summed E-state index contributed by atoms with van der Waals surface area (Å²) in [7, 11) is 0. The lowest BCUT2D eigenvalue weighted by Gasteiger charge is -2.39. The first-order valence-electron chi connectivity index (χ1n) is 13.0. The summed E-state index contributed by atoms with van der Waals surface area (Å²) >= 11 is 4.96. The van der Waals surface area contributed by atoms with Crippen molar-refractivity contribution in [2.45, 2.75) is 19.9 Å². The normalized spacial score (nSPS) is 15.4. The van der Waals surface area contributed by atoms with E-state index >= 15 is 0 Å². The Bertz CT molecular complexity index is 1730. The molecule has 1 fully saturated rings. The van der Waals surface area contributed by atoms with Crippen LogP contribution in [0.4, 0.5) is 10.5 Å². The van der Waals surface area contributed by atoms with Crippen LogP contribution in [0.25, 0.3) is 27.2 Å². The Balaban J connectivity index is 1.14. The fraction of sp³-hybridized carbons (Fsp3) is 0.200. The van der Waals surface area contributed by atoms with E-state index in [0.29, 0.717) is 36.0 Å². The summed E-state index contributed by atoms with van der Waals surface area (Å²) in [6, 6.07) is 21.7. The van der Waals surface area contributed by atoms with Gasteiger partial charge in [0.2, 0.25) is 5.13 Å². The molecule has 5 aromatic rings. The molecule has 202 valence electrons. The zero-order chi connectivity index (χ0) is 27.8. The zero-order valence-corrected chi connectivity index (χ0v) is 24.4. The van der Waals surface area contributed by atoms with Gasteiger partial charge in [-0.05, 0) is 58.7 Å². The van der Waals surface area contributed by atoms with E-state index in [0.717, 1.165) is 26.8 Å². The predicted molar refractivity (Wildman–Crippen MR) is 162 cm³/mol. The van der Waals surface area contributed by atoms with E-state index in [1.807, 2.05) is 55.6 Å². The number of aromatic nitrogens is 3. The number of hydrogen-bond donors (Lipinski definition) is 1. The van der Waals surface area contributed by atoms with Crippen LogP contribution in [0.2, 0.25) is 0 Å².